The lowest BCUT2D eigenvalue weighted by atomic mass is 10.1. The van der Waals surface area contributed by atoms with Crippen LogP contribution in [0.1, 0.15) is 0 Å². The van der Waals surface area contributed by atoms with Crippen molar-refractivity contribution >= 4 is 39.6 Å². The highest BCUT2D eigenvalue weighted by molar-refractivity contribution is 14.1. The Labute approximate surface area is 126 Å². The van der Waals surface area contributed by atoms with Crippen LogP contribution < -0.4 is 5.73 Å². The Morgan fingerprint density at radius 1 is 1.40 bits per heavy atom. The van der Waals surface area contributed by atoms with E-state index in [1.54, 1.807) is 0 Å². The summed E-state index contributed by atoms with van der Waals surface area (Å²) in [5.74, 6) is 0.209. The van der Waals surface area contributed by atoms with Crippen LogP contribution in [0.3, 0.4) is 0 Å². The predicted molar refractivity (Wildman–Crippen MR) is 75.7 cm³/mol. The zero-order valence-corrected chi connectivity index (χ0v) is 12.2. The number of aromatic nitrogens is 4. The first-order chi connectivity index (χ1) is 9.49. The van der Waals surface area contributed by atoms with Gasteiger partial charge in [0.15, 0.2) is 11.5 Å². The average Bonchev–Trinajstić information content (AvgIpc) is 2.96. The van der Waals surface area contributed by atoms with Crippen molar-refractivity contribution in [2.75, 3.05) is 12.3 Å². The first-order valence-electron chi connectivity index (χ1n) is 5.76. The van der Waals surface area contributed by atoms with Crippen LogP contribution in [0.5, 0.6) is 0 Å². The molecule has 20 heavy (non-hydrogen) atoms. The van der Waals surface area contributed by atoms with Crippen molar-refractivity contribution < 1.29 is 20.1 Å². The molecular weight excluding hydrogens is 381 g/mol. The Morgan fingerprint density at radius 2 is 2.15 bits per heavy atom. The first-order valence-corrected chi connectivity index (χ1v) is 6.84. The molecule has 0 aromatic carbocycles. The number of nitrogens with two attached hydrogens (primary N) is 1. The molecule has 0 amide bonds. The molecular formula is C10H12IN5O4. The van der Waals surface area contributed by atoms with E-state index in [1.807, 2.05) is 22.6 Å². The number of halogens is 1. The molecule has 0 aliphatic carbocycles. The zero-order valence-electron chi connectivity index (χ0n) is 10.1. The summed E-state index contributed by atoms with van der Waals surface area (Å²) in [5, 5.41) is 29.3. The summed E-state index contributed by atoms with van der Waals surface area (Å²) in [4.78, 5) is 12.0. The molecule has 0 radical (unpaired) electrons. The number of rotatable bonds is 2. The number of hydrogen-bond acceptors (Lipinski definition) is 8. The molecule has 0 spiro atoms. The van der Waals surface area contributed by atoms with Crippen molar-refractivity contribution in [2.24, 2.45) is 0 Å². The van der Waals surface area contributed by atoms with E-state index in [-0.39, 0.29) is 5.82 Å². The average molecular weight is 393 g/mol. The minimum Gasteiger partial charge on any atom is -0.394 e. The molecule has 5 N–H and O–H groups in total. The van der Waals surface area contributed by atoms with Crippen LogP contribution in [0.15, 0.2) is 12.7 Å². The van der Waals surface area contributed by atoms with Crippen LogP contribution >= 0.6 is 22.6 Å². The Bertz CT molecular complexity index is 652. The Hall–Kier alpha value is -1.08. The number of aliphatic hydroxyl groups excluding tert-OH is 3. The lowest BCUT2D eigenvalue weighted by Crippen LogP contribution is -2.40. The van der Waals surface area contributed by atoms with Crippen molar-refractivity contribution in [1.82, 2.24) is 19.5 Å². The second-order valence-electron chi connectivity index (χ2n) is 4.43. The lowest BCUT2D eigenvalue weighted by Gasteiger charge is -2.27. The van der Waals surface area contributed by atoms with E-state index in [1.165, 1.54) is 17.2 Å². The molecule has 10 heteroatoms. The van der Waals surface area contributed by atoms with Crippen LogP contribution in [0.4, 0.5) is 5.82 Å². The third-order valence-electron chi connectivity index (χ3n) is 3.26. The zero-order chi connectivity index (χ0) is 14.5. The van der Waals surface area contributed by atoms with Crippen LogP contribution in [-0.2, 0) is 8.47 Å². The van der Waals surface area contributed by atoms with Gasteiger partial charge < -0.3 is 25.8 Å². The number of nitrogen functional groups attached to an aromatic ring is 1. The third kappa shape index (κ3) is 1.79. The van der Waals surface area contributed by atoms with Gasteiger partial charge in [-0.05, 0) is 22.6 Å². The predicted octanol–water partition coefficient (Wildman–Crippen LogP) is -1.43. The largest absolute Gasteiger partial charge is 0.394 e. The molecule has 2 aromatic heterocycles. The summed E-state index contributed by atoms with van der Waals surface area (Å²) in [5.41, 5.74) is 6.45. The Morgan fingerprint density at radius 3 is 2.80 bits per heavy atom. The van der Waals surface area contributed by atoms with Gasteiger partial charge in [0, 0.05) is 0 Å². The molecule has 0 bridgehead atoms. The molecule has 3 heterocycles. The molecule has 1 saturated heterocycles. The summed E-state index contributed by atoms with van der Waals surface area (Å²) in [6, 6.07) is 0. The number of imidazole rings is 1. The highest BCUT2D eigenvalue weighted by Gasteiger charge is 2.54. The second kappa shape index (κ2) is 4.73. The normalized spacial score (nSPS) is 33.9. The van der Waals surface area contributed by atoms with Crippen molar-refractivity contribution in [3.8, 4) is 0 Å². The number of alkyl halides is 1. The molecule has 9 nitrogen and oxygen atoms in total. The monoisotopic (exact) mass is 393 g/mol. The summed E-state index contributed by atoms with van der Waals surface area (Å²) in [7, 11) is 0. The SMILES string of the molecule is Nc1ncnc2c1ncn2[C@]1(I)O[C@H](CO)[C@@H](O)[C@H]1O. The maximum atomic E-state index is 10.2. The van der Waals surface area contributed by atoms with E-state index >= 15 is 0 Å². The van der Waals surface area contributed by atoms with Gasteiger partial charge in [-0.2, -0.15) is 0 Å². The van der Waals surface area contributed by atoms with E-state index in [4.69, 9.17) is 10.5 Å². The van der Waals surface area contributed by atoms with Gasteiger partial charge in [0.05, 0.1) is 6.61 Å². The fourth-order valence-corrected chi connectivity index (χ4v) is 3.23. The fraction of sp³-hybridized carbons (Fsp3) is 0.500. The second-order valence-corrected chi connectivity index (χ2v) is 5.97. The lowest BCUT2D eigenvalue weighted by molar-refractivity contribution is -0.0646. The van der Waals surface area contributed by atoms with Crippen molar-refractivity contribution in [3.63, 3.8) is 0 Å². The summed E-state index contributed by atoms with van der Waals surface area (Å²) in [6.45, 7) is -0.410. The standard InChI is InChI=1S/C10H12IN5O4/c11-10(7(19)6(18)4(1-17)20-10)16-3-15-5-8(12)13-2-14-9(5)16/h2-4,6-7,17-19H,1H2,(H2,12,13,14)/t4-,6-,7-,10+/m1/s1. The fourth-order valence-electron chi connectivity index (χ4n) is 2.19. The van der Waals surface area contributed by atoms with E-state index in [2.05, 4.69) is 15.0 Å². The van der Waals surface area contributed by atoms with Gasteiger partial charge >= 0.3 is 0 Å². The number of nitrogens with zero attached hydrogens (tertiary/aromatic N) is 4. The van der Waals surface area contributed by atoms with Gasteiger partial charge in [-0.15, -0.1) is 0 Å². The van der Waals surface area contributed by atoms with Crippen LogP contribution in [0.2, 0.25) is 0 Å². The van der Waals surface area contributed by atoms with E-state index in [0.29, 0.717) is 11.2 Å². The number of fused-ring (bicyclic) bond motifs is 1. The third-order valence-corrected chi connectivity index (χ3v) is 4.67. The molecule has 3 rings (SSSR count). The minimum atomic E-state index is -1.33. The molecule has 4 atom stereocenters. The Kier molecular flexibility index (Phi) is 3.29. The van der Waals surface area contributed by atoms with Crippen molar-refractivity contribution in [3.05, 3.63) is 12.7 Å². The van der Waals surface area contributed by atoms with E-state index in [9.17, 15) is 15.3 Å². The summed E-state index contributed by atoms with van der Waals surface area (Å²) in [6.07, 6.45) is -0.685. The molecule has 1 fully saturated rings. The quantitative estimate of drug-likeness (QED) is 0.360. The van der Waals surface area contributed by atoms with Crippen LogP contribution in [-0.4, -0.2) is 59.8 Å². The summed E-state index contributed by atoms with van der Waals surface area (Å²) < 4.78 is 5.70. The number of anilines is 1. The molecule has 2 aromatic rings. The summed E-state index contributed by atoms with van der Waals surface area (Å²) >= 11 is 1.85. The van der Waals surface area contributed by atoms with Gasteiger partial charge in [0.1, 0.15) is 36.5 Å². The number of aliphatic hydroxyl groups is 3. The first kappa shape index (κ1) is 13.9. The maximum Gasteiger partial charge on any atom is 0.229 e. The smallest absolute Gasteiger partial charge is 0.229 e. The minimum absolute atomic E-state index is 0.209. The van der Waals surface area contributed by atoms with Crippen LogP contribution in [0.25, 0.3) is 11.2 Å². The topological polar surface area (TPSA) is 140 Å². The van der Waals surface area contributed by atoms with Gasteiger partial charge in [-0.25, -0.2) is 15.0 Å². The van der Waals surface area contributed by atoms with Gasteiger partial charge in [-0.1, -0.05) is 0 Å². The van der Waals surface area contributed by atoms with Gasteiger partial charge in [0.25, 0.3) is 0 Å². The molecule has 1 aliphatic heterocycles. The number of ether oxygens (including phenoxy) is 1. The van der Waals surface area contributed by atoms with E-state index in [0.717, 1.165) is 0 Å². The molecule has 0 unspecified atom stereocenters. The Balaban J connectivity index is 2.13. The van der Waals surface area contributed by atoms with Crippen LogP contribution in [0, 0.1) is 0 Å². The van der Waals surface area contributed by atoms with Gasteiger partial charge in [-0.3, -0.25) is 4.57 Å². The number of hydrogen-bond donors (Lipinski definition) is 4. The van der Waals surface area contributed by atoms with Gasteiger partial charge in [0.2, 0.25) is 3.73 Å². The highest BCUT2D eigenvalue weighted by atomic mass is 127. The maximum absolute atomic E-state index is 10.2. The van der Waals surface area contributed by atoms with E-state index < -0.39 is 28.7 Å². The highest BCUT2D eigenvalue weighted by Crippen LogP contribution is 2.42. The molecule has 1 aliphatic rings. The molecule has 0 saturated carbocycles. The van der Waals surface area contributed by atoms with Crippen molar-refractivity contribution in [1.29, 1.82) is 0 Å². The molecule has 108 valence electrons. The van der Waals surface area contributed by atoms with Crippen molar-refractivity contribution in [2.45, 2.75) is 22.0 Å².